The van der Waals surface area contributed by atoms with Crippen molar-refractivity contribution in [2.75, 3.05) is 32.7 Å². The molecule has 3 aliphatic rings. The Hall–Kier alpha value is -1.40. The van der Waals surface area contributed by atoms with E-state index in [1.165, 1.54) is 19.3 Å². The molecule has 3 fully saturated rings. The van der Waals surface area contributed by atoms with Gasteiger partial charge < -0.3 is 9.80 Å². The van der Waals surface area contributed by atoms with Crippen molar-refractivity contribution < 1.29 is 9.59 Å². The predicted molar refractivity (Wildman–Crippen MR) is 122 cm³/mol. The number of piperidine rings is 1. The van der Waals surface area contributed by atoms with E-state index in [4.69, 9.17) is 0 Å². The van der Waals surface area contributed by atoms with Crippen LogP contribution in [0.15, 0.2) is 28.7 Å². The predicted octanol–water partition coefficient (Wildman–Crippen LogP) is 4.17. The summed E-state index contributed by atoms with van der Waals surface area (Å²) in [6.07, 6.45) is 8.29. The molecule has 2 saturated heterocycles. The van der Waals surface area contributed by atoms with E-state index >= 15 is 0 Å². The molecule has 30 heavy (non-hydrogen) atoms. The van der Waals surface area contributed by atoms with Crippen LogP contribution in [0.1, 0.15) is 62.2 Å². The van der Waals surface area contributed by atoms with Gasteiger partial charge in [-0.15, -0.1) is 0 Å². The molecule has 2 unspecified atom stereocenters. The summed E-state index contributed by atoms with van der Waals surface area (Å²) in [5.74, 6) is 0.907. The van der Waals surface area contributed by atoms with Crippen molar-refractivity contribution in [2.45, 2.75) is 64.0 Å². The number of nitrogens with zero attached hydrogens (tertiary/aromatic N) is 3. The van der Waals surface area contributed by atoms with Crippen molar-refractivity contribution >= 4 is 27.7 Å². The van der Waals surface area contributed by atoms with E-state index in [-0.39, 0.29) is 11.9 Å². The summed E-state index contributed by atoms with van der Waals surface area (Å²) in [6.45, 7) is 6.07. The Morgan fingerprint density at radius 1 is 0.967 bits per heavy atom. The van der Waals surface area contributed by atoms with Gasteiger partial charge in [0.2, 0.25) is 5.91 Å². The lowest BCUT2D eigenvalue weighted by atomic mass is 9.92. The van der Waals surface area contributed by atoms with Gasteiger partial charge in [0, 0.05) is 48.8 Å². The highest BCUT2D eigenvalue weighted by Crippen LogP contribution is 2.33. The van der Waals surface area contributed by atoms with Gasteiger partial charge in [-0.3, -0.25) is 14.5 Å². The van der Waals surface area contributed by atoms with Gasteiger partial charge in [-0.25, -0.2) is 0 Å². The Kier molecular flexibility index (Phi) is 7.14. The van der Waals surface area contributed by atoms with Crippen LogP contribution < -0.4 is 0 Å². The largest absolute Gasteiger partial charge is 0.339 e. The highest BCUT2D eigenvalue weighted by molar-refractivity contribution is 9.10. The summed E-state index contributed by atoms with van der Waals surface area (Å²) in [5, 5.41) is 0. The third-order valence-corrected chi connectivity index (χ3v) is 7.75. The number of piperazine rings is 1. The van der Waals surface area contributed by atoms with Crippen molar-refractivity contribution in [1.29, 1.82) is 0 Å². The molecular weight excluding hydrogens is 442 g/mol. The van der Waals surface area contributed by atoms with E-state index in [0.717, 1.165) is 55.4 Å². The fourth-order valence-electron chi connectivity index (χ4n) is 5.53. The lowest BCUT2D eigenvalue weighted by Crippen LogP contribution is -2.60. The van der Waals surface area contributed by atoms with E-state index in [1.807, 2.05) is 29.2 Å². The van der Waals surface area contributed by atoms with Gasteiger partial charge in [0.15, 0.2) is 0 Å². The molecule has 0 aromatic heterocycles. The molecule has 4 rings (SSSR count). The SMILES string of the molecule is CC1CCCCN1C(=O)C(C1CCCC1)N1CCN(C(=O)c2cccc(Br)c2)CC1. The molecule has 1 aromatic carbocycles. The van der Waals surface area contributed by atoms with Crippen molar-refractivity contribution in [2.24, 2.45) is 5.92 Å². The average Bonchev–Trinajstić information content (AvgIpc) is 3.28. The number of hydrogen-bond acceptors (Lipinski definition) is 3. The number of amides is 2. The average molecular weight is 476 g/mol. The molecule has 0 spiro atoms. The van der Waals surface area contributed by atoms with Gasteiger partial charge in [-0.05, 0) is 63.1 Å². The minimum atomic E-state index is -0.00354. The van der Waals surface area contributed by atoms with Crippen molar-refractivity contribution in [3.63, 3.8) is 0 Å². The molecule has 2 atom stereocenters. The summed E-state index contributed by atoms with van der Waals surface area (Å²) >= 11 is 3.46. The summed E-state index contributed by atoms with van der Waals surface area (Å²) in [4.78, 5) is 33.1. The van der Waals surface area contributed by atoms with Crippen LogP contribution in [0, 0.1) is 5.92 Å². The molecule has 2 aliphatic heterocycles. The van der Waals surface area contributed by atoms with Crippen molar-refractivity contribution in [3.05, 3.63) is 34.3 Å². The summed E-state index contributed by atoms with van der Waals surface area (Å²) in [6, 6.07) is 7.96. The van der Waals surface area contributed by atoms with Crippen LogP contribution in [0.25, 0.3) is 0 Å². The van der Waals surface area contributed by atoms with Crippen molar-refractivity contribution in [1.82, 2.24) is 14.7 Å². The molecule has 0 radical (unpaired) electrons. The first-order chi connectivity index (χ1) is 14.5. The molecule has 0 bridgehead atoms. The lowest BCUT2D eigenvalue weighted by molar-refractivity contribution is -0.143. The third kappa shape index (κ3) is 4.75. The molecule has 1 aliphatic carbocycles. The van der Waals surface area contributed by atoms with Crippen LogP contribution >= 0.6 is 15.9 Å². The molecule has 1 aromatic rings. The van der Waals surface area contributed by atoms with Crippen LogP contribution in [0.2, 0.25) is 0 Å². The standard InChI is InChI=1S/C24H34BrN3O2/c1-18-7-4-5-12-28(18)24(30)22(19-8-2-3-9-19)26-13-15-27(16-14-26)23(29)20-10-6-11-21(25)17-20/h6,10-11,17-19,22H,2-5,7-9,12-16H2,1H3. The number of carbonyl (C=O) groups is 2. The van der Waals surface area contributed by atoms with Gasteiger partial charge in [0.25, 0.3) is 5.91 Å². The van der Waals surface area contributed by atoms with Gasteiger partial charge in [-0.2, -0.15) is 0 Å². The fraction of sp³-hybridized carbons (Fsp3) is 0.667. The monoisotopic (exact) mass is 475 g/mol. The van der Waals surface area contributed by atoms with E-state index in [0.29, 0.717) is 31.0 Å². The molecule has 6 heteroatoms. The summed E-state index contributed by atoms with van der Waals surface area (Å²) in [7, 11) is 0. The maximum absolute atomic E-state index is 13.7. The van der Waals surface area contributed by atoms with Crippen LogP contribution in [-0.4, -0.2) is 71.3 Å². The highest BCUT2D eigenvalue weighted by Gasteiger charge is 2.40. The first-order valence-electron chi connectivity index (χ1n) is 11.6. The first-order valence-corrected chi connectivity index (χ1v) is 12.4. The van der Waals surface area contributed by atoms with Crippen LogP contribution in [-0.2, 0) is 4.79 Å². The molecular formula is C24H34BrN3O2. The maximum atomic E-state index is 13.7. The third-order valence-electron chi connectivity index (χ3n) is 7.25. The quantitative estimate of drug-likeness (QED) is 0.656. The first kappa shape index (κ1) is 21.8. The molecule has 0 N–H and O–H groups in total. The zero-order chi connectivity index (χ0) is 21.1. The van der Waals surface area contributed by atoms with Crippen LogP contribution in [0.3, 0.4) is 0 Å². The molecule has 1 saturated carbocycles. The molecule has 2 heterocycles. The van der Waals surface area contributed by atoms with E-state index in [1.54, 1.807) is 0 Å². The van der Waals surface area contributed by atoms with E-state index in [9.17, 15) is 9.59 Å². The summed E-state index contributed by atoms with van der Waals surface area (Å²) < 4.78 is 0.925. The smallest absolute Gasteiger partial charge is 0.253 e. The topological polar surface area (TPSA) is 43.9 Å². The molecule has 5 nitrogen and oxygen atoms in total. The molecule has 2 amide bonds. The number of benzene rings is 1. The maximum Gasteiger partial charge on any atom is 0.253 e. The number of halogens is 1. The Bertz CT molecular complexity index is 757. The zero-order valence-electron chi connectivity index (χ0n) is 18.1. The Labute approximate surface area is 188 Å². The molecule has 164 valence electrons. The highest BCUT2D eigenvalue weighted by atomic mass is 79.9. The van der Waals surface area contributed by atoms with Crippen LogP contribution in [0.5, 0.6) is 0 Å². The van der Waals surface area contributed by atoms with E-state index in [2.05, 4.69) is 32.7 Å². The minimum absolute atomic E-state index is 0.00354. The minimum Gasteiger partial charge on any atom is -0.339 e. The Morgan fingerprint density at radius 3 is 2.33 bits per heavy atom. The Balaban J connectivity index is 1.44. The number of rotatable bonds is 4. The lowest BCUT2D eigenvalue weighted by Gasteiger charge is -2.44. The van der Waals surface area contributed by atoms with Crippen LogP contribution in [0.4, 0.5) is 0 Å². The second-order valence-corrected chi connectivity index (χ2v) is 10.1. The van der Waals surface area contributed by atoms with Gasteiger partial charge in [0.1, 0.15) is 0 Å². The Morgan fingerprint density at radius 2 is 1.67 bits per heavy atom. The van der Waals surface area contributed by atoms with Gasteiger partial charge in [-0.1, -0.05) is 34.8 Å². The second kappa shape index (κ2) is 9.82. The number of likely N-dealkylation sites (tertiary alicyclic amines) is 1. The summed E-state index contributed by atoms with van der Waals surface area (Å²) in [5.41, 5.74) is 0.725. The van der Waals surface area contributed by atoms with E-state index < -0.39 is 0 Å². The van der Waals surface area contributed by atoms with Crippen molar-refractivity contribution in [3.8, 4) is 0 Å². The van der Waals surface area contributed by atoms with Gasteiger partial charge >= 0.3 is 0 Å². The number of carbonyl (C=O) groups excluding carboxylic acids is 2. The normalized spacial score (nSPS) is 24.8. The van der Waals surface area contributed by atoms with Gasteiger partial charge in [0.05, 0.1) is 6.04 Å². The zero-order valence-corrected chi connectivity index (χ0v) is 19.6. The number of hydrogen-bond donors (Lipinski definition) is 0. The second-order valence-electron chi connectivity index (χ2n) is 9.20. The fourth-order valence-corrected chi connectivity index (χ4v) is 5.93.